The zero-order valence-electron chi connectivity index (χ0n) is 7.27. The molecular weight excluding hydrogens is 168 g/mol. The molecule has 2 rings (SSSR count). The highest BCUT2D eigenvalue weighted by Crippen LogP contribution is 2.20. The van der Waals surface area contributed by atoms with E-state index in [0.717, 1.165) is 12.1 Å². The molecule has 1 aromatic heterocycles. The van der Waals surface area contributed by atoms with Crippen molar-refractivity contribution in [1.82, 2.24) is 15.2 Å². The van der Waals surface area contributed by atoms with Gasteiger partial charge in [-0.25, -0.2) is 4.63 Å². The molecule has 1 aliphatic rings. The highest BCUT2D eigenvalue weighted by Gasteiger charge is 2.13. The van der Waals surface area contributed by atoms with Gasteiger partial charge in [-0.1, -0.05) is 6.08 Å². The second kappa shape index (κ2) is 2.93. The Hall–Kier alpha value is -1.78. The van der Waals surface area contributed by atoms with E-state index in [2.05, 4.69) is 14.9 Å². The number of aromatic nitrogens is 2. The van der Waals surface area contributed by atoms with Crippen molar-refractivity contribution < 1.29 is 4.63 Å². The Kier molecular flexibility index (Phi) is 1.77. The number of hydrogen-bond donors (Lipinski definition) is 1. The molecule has 0 unspecified atom stereocenters. The fraction of sp³-hybridized carbons (Fsp3) is 0.250. The SMILES string of the molecule is CN1C=CC=C(c2nonc2N)C1. The van der Waals surface area contributed by atoms with Crippen LogP contribution in [0.2, 0.25) is 0 Å². The first-order valence-electron chi connectivity index (χ1n) is 3.93. The van der Waals surface area contributed by atoms with Crippen LogP contribution in [0.4, 0.5) is 5.82 Å². The number of nitrogens with two attached hydrogens (primary N) is 1. The standard InChI is InChI=1S/C8H10N4O/c1-12-4-2-3-6(5-12)7-8(9)11-13-10-7/h2-4H,5H2,1H3,(H2,9,11). The van der Waals surface area contributed by atoms with Crippen LogP contribution in [-0.4, -0.2) is 28.8 Å². The zero-order chi connectivity index (χ0) is 9.26. The third kappa shape index (κ3) is 1.40. The minimum Gasteiger partial charge on any atom is -0.379 e. The van der Waals surface area contributed by atoms with Gasteiger partial charge in [0.05, 0.1) is 0 Å². The first-order valence-corrected chi connectivity index (χ1v) is 3.93. The number of nitrogen functional groups attached to an aromatic ring is 1. The molecule has 0 radical (unpaired) electrons. The lowest BCUT2D eigenvalue weighted by atomic mass is 10.1. The fourth-order valence-corrected chi connectivity index (χ4v) is 1.25. The Morgan fingerprint density at radius 3 is 3.00 bits per heavy atom. The molecule has 5 heteroatoms. The van der Waals surface area contributed by atoms with Crippen molar-refractivity contribution in [2.24, 2.45) is 0 Å². The minimum absolute atomic E-state index is 0.343. The average molecular weight is 178 g/mol. The van der Waals surface area contributed by atoms with Crippen LogP contribution in [0.3, 0.4) is 0 Å². The number of rotatable bonds is 1. The molecule has 0 spiro atoms. The largest absolute Gasteiger partial charge is 0.379 e. The minimum atomic E-state index is 0.343. The van der Waals surface area contributed by atoms with Crippen LogP contribution in [0.5, 0.6) is 0 Å². The molecule has 68 valence electrons. The maximum Gasteiger partial charge on any atom is 0.196 e. The highest BCUT2D eigenvalue weighted by atomic mass is 16.6. The predicted molar refractivity (Wildman–Crippen MR) is 48.5 cm³/mol. The molecule has 2 heterocycles. The Morgan fingerprint density at radius 1 is 1.54 bits per heavy atom. The molecular formula is C8H10N4O. The van der Waals surface area contributed by atoms with Crippen molar-refractivity contribution in [2.75, 3.05) is 19.3 Å². The maximum atomic E-state index is 5.57. The van der Waals surface area contributed by atoms with E-state index in [4.69, 9.17) is 5.73 Å². The van der Waals surface area contributed by atoms with Gasteiger partial charge in [-0.05, 0) is 22.6 Å². The van der Waals surface area contributed by atoms with E-state index in [9.17, 15) is 0 Å². The van der Waals surface area contributed by atoms with Gasteiger partial charge in [0.1, 0.15) is 0 Å². The molecule has 0 bridgehead atoms. The average Bonchev–Trinajstić information content (AvgIpc) is 2.51. The van der Waals surface area contributed by atoms with Crippen molar-refractivity contribution in [1.29, 1.82) is 0 Å². The molecule has 0 amide bonds. The molecule has 2 N–H and O–H groups in total. The zero-order valence-corrected chi connectivity index (χ0v) is 7.27. The van der Waals surface area contributed by atoms with Gasteiger partial charge in [-0.15, -0.1) is 0 Å². The van der Waals surface area contributed by atoms with Crippen molar-refractivity contribution in [3.63, 3.8) is 0 Å². The first kappa shape index (κ1) is 7.85. The van der Waals surface area contributed by atoms with Crippen LogP contribution in [0.15, 0.2) is 23.0 Å². The van der Waals surface area contributed by atoms with Gasteiger partial charge in [0.25, 0.3) is 0 Å². The Labute approximate surface area is 75.5 Å². The smallest absolute Gasteiger partial charge is 0.196 e. The summed E-state index contributed by atoms with van der Waals surface area (Å²) >= 11 is 0. The van der Waals surface area contributed by atoms with Crippen molar-refractivity contribution in [3.05, 3.63) is 24.0 Å². The third-order valence-electron chi connectivity index (χ3n) is 1.88. The first-order chi connectivity index (χ1) is 6.27. The summed E-state index contributed by atoms with van der Waals surface area (Å²) in [5.41, 5.74) is 7.22. The monoisotopic (exact) mass is 178 g/mol. The van der Waals surface area contributed by atoms with Gasteiger partial charge in [0.15, 0.2) is 11.5 Å². The third-order valence-corrected chi connectivity index (χ3v) is 1.88. The van der Waals surface area contributed by atoms with Gasteiger partial charge in [0, 0.05) is 19.2 Å². The summed E-state index contributed by atoms with van der Waals surface area (Å²) in [4.78, 5) is 2.03. The lowest BCUT2D eigenvalue weighted by Gasteiger charge is -2.17. The summed E-state index contributed by atoms with van der Waals surface area (Å²) in [6.45, 7) is 0.773. The molecule has 1 aliphatic heterocycles. The summed E-state index contributed by atoms with van der Waals surface area (Å²) < 4.78 is 4.53. The lowest BCUT2D eigenvalue weighted by molar-refractivity contribution is 0.307. The van der Waals surface area contributed by atoms with Crippen LogP contribution < -0.4 is 5.73 Å². The summed E-state index contributed by atoms with van der Waals surface area (Å²) in [7, 11) is 1.98. The predicted octanol–water partition coefficient (Wildman–Crippen LogP) is 0.494. The fourth-order valence-electron chi connectivity index (χ4n) is 1.25. The summed E-state index contributed by atoms with van der Waals surface area (Å²) in [5.74, 6) is 0.343. The molecule has 13 heavy (non-hydrogen) atoms. The maximum absolute atomic E-state index is 5.57. The second-order valence-corrected chi connectivity index (χ2v) is 2.95. The molecule has 0 aliphatic carbocycles. The van der Waals surface area contributed by atoms with E-state index in [1.165, 1.54) is 0 Å². The van der Waals surface area contributed by atoms with E-state index in [1.54, 1.807) is 0 Å². The second-order valence-electron chi connectivity index (χ2n) is 2.95. The number of likely N-dealkylation sites (N-methyl/N-ethyl adjacent to an activating group) is 1. The number of nitrogens with zero attached hydrogens (tertiary/aromatic N) is 3. The summed E-state index contributed by atoms with van der Waals surface area (Å²) in [6.07, 6.45) is 5.87. The molecule has 1 aromatic rings. The number of anilines is 1. The molecule has 0 fully saturated rings. The normalized spacial score (nSPS) is 16.1. The van der Waals surface area contributed by atoms with Gasteiger partial charge in [-0.3, -0.25) is 0 Å². The summed E-state index contributed by atoms with van der Waals surface area (Å²) in [5, 5.41) is 7.26. The molecule has 0 saturated carbocycles. The van der Waals surface area contributed by atoms with E-state index in [1.807, 2.05) is 30.3 Å². The number of allylic oxidation sites excluding steroid dienone is 2. The van der Waals surface area contributed by atoms with Crippen LogP contribution in [0, 0.1) is 0 Å². The van der Waals surface area contributed by atoms with Gasteiger partial charge < -0.3 is 10.6 Å². The molecule has 0 atom stereocenters. The van der Waals surface area contributed by atoms with E-state index in [0.29, 0.717) is 11.5 Å². The van der Waals surface area contributed by atoms with Gasteiger partial charge in [-0.2, -0.15) is 0 Å². The van der Waals surface area contributed by atoms with Crippen LogP contribution in [0.1, 0.15) is 5.69 Å². The van der Waals surface area contributed by atoms with Gasteiger partial charge in [0.2, 0.25) is 0 Å². The Morgan fingerprint density at radius 2 is 2.38 bits per heavy atom. The highest BCUT2D eigenvalue weighted by molar-refractivity contribution is 5.72. The van der Waals surface area contributed by atoms with Crippen LogP contribution >= 0.6 is 0 Å². The molecule has 0 aromatic carbocycles. The quantitative estimate of drug-likeness (QED) is 0.678. The molecule has 5 nitrogen and oxygen atoms in total. The van der Waals surface area contributed by atoms with Crippen molar-refractivity contribution >= 4 is 11.4 Å². The van der Waals surface area contributed by atoms with E-state index in [-0.39, 0.29) is 0 Å². The Bertz CT molecular complexity index is 366. The Balaban J connectivity index is 2.32. The van der Waals surface area contributed by atoms with Crippen LogP contribution in [0.25, 0.3) is 5.57 Å². The van der Waals surface area contributed by atoms with Crippen molar-refractivity contribution in [2.45, 2.75) is 0 Å². The summed E-state index contributed by atoms with van der Waals surface area (Å²) in [6, 6.07) is 0. The number of hydrogen-bond acceptors (Lipinski definition) is 5. The van der Waals surface area contributed by atoms with Crippen molar-refractivity contribution in [3.8, 4) is 0 Å². The van der Waals surface area contributed by atoms with E-state index < -0.39 is 0 Å². The van der Waals surface area contributed by atoms with Gasteiger partial charge >= 0.3 is 0 Å². The topological polar surface area (TPSA) is 68.2 Å². The van der Waals surface area contributed by atoms with Crippen LogP contribution in [-0.2, 0) is 0 Å². The lowest BCUT2D eigenvalue weighted by Crippen LogP contribution is -2.16. The molecule has 0 saturated heterocycles. The van der Waals surface area contributed by atoms with E-state index >= 15 is 0 Å².